The number of anilines is 2. The number of halogens is 1. The SMILES string of the molecule is CC(C)(C)OC(=O)Nc1cccc(CN2CCC(n3cc(C4C=Nc5cccc(Br)c5N4)cn3)CC2)c1. The van der Waals surface area contributed by atoms with Gasteiger partial charge in [-0.1, -0.05) is 18.2 Å². The van der Waals surface area contributed by atoms with E-state index < -0.39 is 11.7 Å². The molecule has 3 heterocycles. The monoisotopic (exact) mass is 564 g/mol. The van der Waals surface area contributed by atoms with E-state index in [9.17, 15) is 4.79 Å². The van der Waals surface area contributed by atoms with Crippen molar-refractivity contribution in [2.45, 2.75) is 57.8 Å². The highest BCUT2D eigenvalue weighted by atomic mass is 79.9. The number of ether oxygens (including phenoxy) is 1. The molecule has 2 aliphatic rings. The van der Waals surface area contributed by atoms with Crippen LogP contribution in [-0.4, -0.2) is 45.7 Å². The van der Waals surface area contributed by atoms with Crippen molar-refractivity contribution in [3.63, 3.8) is 0 Å². The van der Waals surface area contributed by atoms with Crippen LogP contribution in [0.2, 0.25) is 0 Å². The smallest absolute Gasteiger partial charge is 0.412 e. The number of rotatable bonds is 5. The summed E-state index contributed by atoms with van der Waals surface area (Å²) in [4.78, 5) is 19.2. The van der Waals surface area contributed by atoms with Crippen LogP contribution in [0.25, 0.3) is 0 Å². The summed E-state index contributed by atoms with van der Waals surface area (Å²) in [7, 11) is 0. The van der Waals surface area contributed by atoms with Crippen LogP contribution in [0.4, 0.5) is 21.9 Å². The number of benzene rings is 2. The summed E-state index contributed by atoms with van der Waals surface area (Å²) in [5.41, 5.74) is 4.47. The molecular formula is C28H33BrN6O2. The fraction of sp³-hybridized carbons (Fsp3) is 0.393. The molecule has 0 radical (unpaired) electrons. The fourth-order valence-electron chi connectivity index (χ4n) is 4.76. The van der Waals surface area contributed by atoms with Gasteiger partial charge < -0.3 is 10.1 Å². The average Bonchev–Trinajstić information content (AvgIpc) is 3.34. The van der Waals surface area contributed by atoms with Gasteiger partial charge in [-0.3, -0.25) is 19.9 Å². The first kappa shape index (κ1) is 25.5. The number of carbonyl (C=O) groups is 1. The highest BCUT2D eigenvalue weighted by Gasteiger charge is 2.24. The Bertz CT molecular complexity index is 1290. The van der Waals surface area contributed by atoms with Gasteiger partial charge in [0, 0.05) is 47.8 Å². The topological polar surface area (TPSA) is 83.8 Å². The molecule has 1 atom stereocenters. The summed E-state index contributed by atoms with van der Waals surface area (Å²) in [5.74, 6) is 0. The van der Waals surface area contributed by atoms with Gasteiger partial charge in [0.25, 0.3) is 0 Å². The van der Waals surface area contributed by atoms with Gasteiger partial charge in [0.2, 0.25) is 0 Å². The van der Waals surface area contributed by atoms with E-state index in [0.717, 1.165) is 59.6 Å². The van der Waals surface area contributed by atoms with Gasteiger partial charge in [-0.2, -0.15) is 5.10 Å². The Balaban J connectivity index is 1.14. The fourth-order valence-corrected chi connectivity index (χ4v) is 5.23. The van der Waals surface area contributed by atoms with Crippen LogP contribution in [-0.2, 0) is 11.3 Å². The second-order valence-corrected chi connectivity index (χ2v) is 11.5. The van der Waals surface area contributed by atoms with Gasteiger partial charge in [-0.15, -0.1) is 0 Å². The second kappa shape index (κ2) is 10.7. The molecule has 9 heteroatoms. The molecule has 194 valence electrons. The van der Waals surface area contributed by atoms with Gasteiger partial charge >= 0.3 is 6.09 Å². The predicted molar refractivity (Wildman–Crippen MR) is 151 cm³/mol. The molecule has 8 nitrogen and oxygen atoms in total. The van der Waals surface area contributed by atoms with E-state index in [1.807, 2.05) is 69.6 Å². The zero-order valence-corrected chi connectivity index (χ0v) is 23.0. The lowest BCUT2D eigenvalue weighted by molar-refractivity contribution is 0.0636. The van der Waals surface area contributed by atoms with Crippen LogP contribution in [0.1, 0.15) is 56.8 Å². The number of nitrogens with zero attached hydrogens (tertiary/aromatic N) is 4. The molecule has 2 aromatic carbocycles. The number of para-hydroxylation sites is 1. The van der Waals surface area contributed by atoms with Gasteiger partial charge in [0.15, 0.2) is 0 Å². The third kappa shape index (κ3) is 6.40. The Kier molecular flexibility index (Phi) is 7.35. The molecule has 0 bridgehead atoms. The van der Waals surface area contributed by atoms with Crippen LogP contribution in [0.15, 0.2) is 64.3 Å². The summed E-state index contributed by atoms with van der Waals surface area (Å²) in [5, 5.41) is 11.1. The van der Waals surface area contributed by atoms with Crippen molar-refractivity contribution in [1.82, 2.24) is 14.7 Å². The van der Waals surface area contributed by atoms with E-state index in [-0.39, 0.29) is 6.04 Å². The molecule has 0 aliphatic carbocycles. The molecule has 3 aromatic rings. The summed E-state index contributed by atoms with van der Waals surface area (Å²) in [6, 6.07) is 14.4. The van der Waals surface area contributed by atoms with Crippen molar-refractivity contribution in [3.8, 4) is 0 Å². The van der Waals surface area contributed by atoms with Crippen molar-refractivity contribution < 1.29 is 9.53 Å². The quantitative estimate of drug-likeness (QED) is 0.360. The van der Waals surface area contributed by atoms with E-state index in [1.54, 1.807) is 0 Å². The number of aromatic nitrogens is 2. The molecule has 0 spiro atoms. The van der Waals surface area contributed by atoms with E-state index in [2.05, 4.69) is 53.4 Å². The summed E-state index contributed by atoms with van der Waals surface area (Å²) in [6.07, 6.45) is 7.69. The zero-order chi connectivity index (χ0) is 26.0. The first-order chi connectivity index (χ1) is 17.7. The first-order valence-electron chi connectivity index (χ1n) is 12.7. The molecule has 1 fully saturated rings. The normalized spacial score (nSPS) is 18.2. The molecule has 0 saturated carbocycles. The number of aliphatic imine (C=N–C) groups is 1. The van der Waals surface area contributed by atoms with Crippen LogP contribution in [0.5, 0.6) is 0 Å². The van der Waals surface area contributed by atoms with Crippen molar-refractivity contribution in [1.29, 1.82) is 0 Å². The first-order valence-corrected chi connectivity index (χ1v) is 13.5. The average molecular weight is 566 g/mol. The van der Waals surface area contributed by atoms with E-state index >= 15 is 0 Å². The minimum atomic E-state index is -0.523. The summed E-state index contributed by atoms with van der Waals surface area (Å²) >= 11 is 3.62. The maximum atomic E-state index is 12.1. The number of piperidine rings is 1. The van der Waals surface area contributed by atoms with Crippen molar-refractivity contribution in [2.24, 2.45) is 4.99 Å². The van der Waals surface area contributed by atoms with Crippen LogP contribution in [0, 0.1) is 0 Å². The molecular weight excluding hydrogens is 532 g/mol. The number of nitrogens with one attached hydrogen (secondary N) is 2. The van der Waals surface area contributed by atoms with E-state index in [1.165, 1.54) is 5.56 Å². The Hall–Kier alpha value is -3.17. The molecule has 5 rings (SSSR count). The second-order valence-electron chi connectivity index (χ2n) is 10.6. The van der Waals surface area contributed by atoms with E-state index in [0.29, 0.717) is 6.04 Å². The summed E-state index contributed by atoms with van der Waals surface area (Å²) < 4.78 is 8.49. The lowest BCUT2D eigenvalue weighted by atomic mass is 10.0. The van der Waals surface area contributed by atoms with Crippen molar-refractivity contribution in [2.75, 3.05) is 23.7 Å². The molecule has 1 aromatic heterocycles. The maximum Gasteiger partial charge on any atom is 0.412 e. The highest BCUT2D eigenvalue weighted by molar-refractivity contribution is 9.10. The zero-order valence-electron chi connectivity index (χ0n) is 21.4. The lowest BCUT2D eigenvalue weighted by Crippen LogP contribution is -2.34. The molecule has 2 N–H and O–H groups in total. The number of amides is 1. The standard InChI is InChI=1S/C28H33BrN6O2/c1-28(2,3)37-27(36)32-21-7-4-6-19(14-21)17-34-12-10-22(11-13-34)35-18-20(15-31-35)25-16-30-24-9-5-8-23(29)26(24)33-25/h4-9,14-16,18,22,25,33H,10-13,17H2,1-3H3,(H,32,36). The third-order valence-corrected chi connectivity index (χ3v) is 7.21. The van der Waals surface area contributed by atoms with Crippen molar-refractivity contribution in [3.05, 3.63) is 70.5 Å². The number of hydrogen-bond acceptors (Lipinski definition) is 6. The van der Waals surface area contributed by atoms with Gasteiger partial charge in [-0.25, -0.2) is 4.79 Å². The predicted octanol–water partition coefficient (Wildman–Crippen LogP) is 6.70. The van der Waals surface area contributed by atoms with Crippen LogP contribution >= 0.6 is 15.9 Å². The Labute approximate surface area is 226 Å². The molecule has 37 heavy (non-hydrogen) atoms. The van der Waals surface area contributed by atoms with E-state index in [4.69, 9.17) is 9.84 Å². The van der Waals surface area contributed by atoms with Crippen LogP contribution < -0.4 is 10.6 Å². The lowest BCUT2D eigenvalue weighted by Gasteiger charge is -2.32. The van der Waals surface area contributed by atoms with Gasteiger partial charge in [0.1, 0.15) is 5.60 Å². The van der Waals surface area contributed by atoms with Crippen LogP contribution in [0.3, 0.4) is 0 Å². The molecule has 1 amide bonds. The summed E-state index contributed by atoms with van der Waals surface area (Å²) in [6.45, 7) is 8.40. The van der Waals surface area contributed by atoms with Crippen molar-refractivity contribution >= 4 is 45.3 Å². The number of carbonyl (C=O) groups excluding carboxylic acids is 1. The van der Waals surface area contributed by atoms with Gasteiger partial charge in [-0.05, 0) is 79.4 Å². The van der Waals surface area contributed by atoms with Gasteiger partial charge in [0.05, 0.1) is 29.7 Å². The largest absolute Gasteiger partial charge is 0.444 e. The number of hydrogen-bond donors (Lipinski definition) is 2. The minimum absolute atomic E-state index is 0.00149. The Morgan fingerprint density at radius 3 is 2.76 bits per heavy atom. The maximum absolute atomic E-state index is 12.1. The minimum Gasteiger partial charge on any atom is -0.444 e. The third-order valence-electron chi connectivity index (χ3n) is 6.54. The highest BCUT2D eigenvalue weighted by Crippen LogP contribution is 2.38. The molecule has 2 aliphatic heterocycles. The molecule has 1 unspecified atom stereocenters. The Morgan fingerprint density at radius 1 is 1.19 bits per heavy atom. The Morgan fingerprint density at radius 2 is 1.97 bits per heavy atom. The number of likely N-dealkylation sites (tertiary alicyclic amines) is 1. The molecule has 1 saturated heterocycles. The number of fused-ring (bicyclic) bond motifs is 1.